The van der Waals surface area contributed by atoms with Crippen molar-refractivity contribution in [1.82, 2.24) is 0 Å². The van der Waals surface area contributed by atoms with E-state index in [9.17, 15) is 8.42 Å². The maximum atomic E-state index is 12.6. The fourth-order valence-electron chi connectivity index (χ4n) is 2.60. The second-order valence-electron chi connectivity index (χ2n) is 5.24. The highest BCUT2D eigenvalue weighted by atomic mass is 32.2. The van der Waals surface area contributed by atoms with E-state index in [1.165, 1.54) is 4.31 Å². The molecule has 5 nitrogen and oxygen atoms in total. The Morgan fingerprint density at radius 1 is 1.30 bits per heavy atom. The van der Waals surface area contributed by atoms with E-state index >= 15 is 0 Å². The van der Waals surface area contributed by atoms with Crippen molar-refractivity contribution in [2.45, 2.75) is 37.4 Å². The van der Waals surface area contributed by atoms with Gasteiger partial charge in [-0.25, -0.2) is 8.42 Å². The molecular weight excluding hydrogens is 274 g/mol. The summed E-state index contributed by atoms with van der Waals surface area (Å²) >= 11 is 0. The number of amidine groups is 1. The van der Waals surface area contributed by atoms with Gasteiger partial charge in [0.05, 0.1) is 10.9 Å². The highest BCUT2D eigenvalue weighted by Gasteiger charge is 2.31. The van der Waals surface area contributed by atoms with Gasteiger partial charge in [-0.2, -0.15) is 0 Å². The molecule has 0 heterocycles. The first-order chi connectivity index (χ1) is 9.43. The molecule has 0 atom stereocenters. The molecule has 0 amide bonds. The maximum Gasteiger partial charge on any atom is 0.237 e. The largest absolute Gasteiger partial charge is 0.384 e. The predicted molar refractivity (Wildman–Crippen MR) is 81.7 cm³/mol. The minimum Gasteiger partial charge on any atom is -0.384 e. The summed E-state index contributed by atoms with van der Waals surface area (Å²) in [5.74, 6) is -0.0599. The van der Waals surface area contributed by atoms with E-state index in [0.717, 1.165) is 32.1 Å². The van der Waals surface area contributed by atoms with Gasteiger partial charge in [0.1, 0.15) is 5.84 Å². The van der Waals surface area contributed by atoms with Crippen LogP contribution in [0.3, 0.4) is 0 Å². The zero-order valence-electron chi connectivity index (χ0n) is 11.7. The fourth-order valence-corrected chi connectivity index (χ4v) is 4.39. The van der Waals surface area contributed by atoms with Crippen LogP contribution in [0.2, 0.25) is 0 Å². The molecule has 0 saturated heterocycles. The third kappa shape index (κ3) is 2.95. The van der Waals surface area contributed by atoms with Crippen LogP contribution in [-0.4, -0.2) is 26.6 Å². The first-order valence-corrected chi connectivity index (χ1v) is 8.35. The minimum absolute atomic E-state index is 0.0599. The normalized spacial score (nSPS) is 16.9. The molecule has 0 aliphatic heterocycles. The Labute approximate surface area is 120 Å². The summed E-state index contributed by atoms with van der Waals surface area (Å²) in [6.07, 6.45) is 4.55. The highest BCUT2D eigenvalue weighted by Crippen LogP contribution is 2.28. The average molecular weight is 295 g/mol. The zero-order chi connectivity index (χ0) is 14.8. The highest BCUT2D eigenvalue weighted by molar-refractivity contribution is 7.93. The Hall–Kier alpha value is -1.56. The number of rotatable bonds is 4. The smallest absolute Gasteiger partial charge is 0.237 e. The van der Waals surface area contributed by atoms with Crippen molar-refractivity contribution in [2.24, 2.45) is 5.73 Å². The van der Waals surface area contributed by atoms with Crippen LogP contribution in [0.4, 0.5) is 5.69 Å². The van der Waals surface area contributed by atoms with Crippen molar-refractivity contribution in [3.8, 4) is 0 Å². The number of nitrogens with one attached hydrogen (secondary N) is 1. The predicted octanol–water partition coefficient (Wildman–Crippen LogP) is 2.07. The van der Waals surface area contributed by atoms with Crippen LogP contribution < -0.4 is 10.0 Å². The van der Waals surface area contributed by atoms with Crippen LogP contribution >= 0.6 is 0 Å². The molecule has 2 rings (SSSR count). The standard InChI is InChI=1S/C14H21N3O2S/c1-17(12-7-5-6-11(10-12)14(15)16)20(18,19)13-8-3-2-4-9-13/h5-7,10,13H,2-4,8-9H2,1H3,(H3,15,16). The van der Waals surface area contributed by atoms with Crippen molar-refractivity contribution >= 4 is 21.5 Å². The third-order valence-corrected chi connectivity index (χ3v) is 6.16. The van der Waals surface area contributed by atoms with Crippen molar-refractivity contribution in [3.05, 3.63) is 29.8 Å². The van der Waals surface area contributed by atoms with Gasteiger partial charge in [0.25, 0.3) is 0 Å². The molecule has 1 aliphatic rings. The maximum absolute atomic E-state index is 12.6. The molecule has 0 aromatic heterocycles. The van der Waals surface area contributed by atoms with Crippen molar-refractivity contribution < 1.29 is 8.42 Å². The first-order valence-electron chi connectivity index (χ1n) is 6.85. The summed E-state index contributed by atoms with van der Waals surface area (Å²) in [5, 5.41) is 7.14. The van der Waals surface area contributed by atoms with E-state index in [-0.39, 0.29) is 11.1 Å². The van der Waals surface area contributed by atoms with Crippen LogP contribution in [0.5, 0.6) is 0 Å². The Kier molecular flexibility index (Phi) is 4.32. The molecule has 1 aromatic rings. The Morgan fingerprint density at radius 2 is 1.95 bits per heavy atom. The molecule has 1 saturated carbocycles. The van der Waals surface area contributed by atoms with Gasteiger partial charge in [0.15, 0.2) is 0 Å². The summed E-state index contributed by atoms with van der Waals surface area (Å²) in [6.45, 7) is 0. The number of nitrogens with zero attached hydrogens (tertiary/aromatic N) is 1. The summed E-state index contributed by atoms with van der Waals surface area (Å²) in [6, 6.07) is 6.79. The van der Waals surface area contributed by atoms with Gasteiger partial charge in [-0.15, -0.1) is 0 Å². The van der Waals surface area contributed by atoms with Crippen LogP contribution in [0.15, 0.2) is 24.3 Å². The summed E-state index contributed by atoms with van der Waals surface area (Å²) in [7, 11) is -1.76. The number of nitrogen functional groups attached to an aromatic ring is 1. The number of sulfonamides is 1. The second-order valence-corrected chi connectivity index (χ2v) is 7.48. The number of hydrogen-bond donors (Lipinski definition) is 2. The van der Waals surface area contributed by atoms with Crippen molar-refractivity contribution in [1.29, 1.82) is 5.41 Å². The van der Waals surface area contributed by atoms with Crippen LogP contribution in [0.25, 0.3) is 0 Å². The Bertz CT molecular complexity index is 592. The average Bonchev–Trinajstić information content (AvgIpc) is 2.47. The summed E-state index contributed by atoms with van der Waals surface area (Å²) < 4.78 is 26.5. The lowest BCUT2D eigenvalue weighted by Crippen LogP contribution is -2.37. The zero-order valence-corrected chi connectivity index (χ0v) is 12.5. The van der Waals surface area contributed by atoms with Gasteiger partial charge in [0, 0.05) is 12.6 Å². The van der Waals surface area contributed by atoms with Crippen LogP contribution in [0, 0.1) is 5.41 Å². The van der Waals surface area contributed by atoms with Gasteiger partial charge in [-0.1, -0.05) is 31.4 Å². The molecular formula is C14H21N3O2S. The lowest BCUT2D eigenvalue weighted by atomic mass is 10.0. The molecule has 0 unspecified atom stereocenters. The van der Waals surface area contributed by atoms with Gasteiger partial charge < -0.3 is 5.73 Å². The van der Waals surface area contributed by atoms with Crippen molar-refractivity contribution in [3.63, 3.8) is 0 Å². The van der Waals surface area contributed by atoms with E-state index in [1.54, 1.807) is 31.3 Å². The molecule has 1 fully saturated rings. The van der Waals surface area contributed by atoms with Gasteiger partial charge in [-0.05, 0) is 25.0 Å². The lowest BCUT2D eigenvalue weighted by molar-refractivity contribution is 0.483. The van der Waals surface area contributed by atoms with Crippen molar-refractivity contribution in [2.75, 3.05) is 11.4 Å². The summed E-state index contributed by atoms with van der Waals surface area (Å²) in [4.78, 5) is 0. The molecule has 1 aromatic carbocycles. The first kappa shape index (κ1) is 14.8. The molecule has 1 aliphatic carbocycles. The third-order valence-electron chi connectivity index (χ3n) is 3.88. The van der Waals surface area contributed by atoms with E-state index in [4.69, 9.17) is 11.1 Å². The van der Waals surface area contributed by atoms with E-state index < -0.39 is 10.0 Å². The van der Waals surface area contributed by atoms with E-state index in [0.29, 0.717) is 11.3 Å². The van der Waals surface area contributed by atoms with Gasteiger partial charge >= 0.3 is 0 Å². The molecule has 0 spiro atoms. The molecule has 20 heavy (non-hydrogen) atoms. The topological polar surface area (TPSA) is 87.2 Å². The Balaban J connectivity index is 2.27. The lowest BCUT2D eigenvalue weighted by Gasteiger charge is -2.28. The van der Waals surface area contributed by atoms with Crippen LogP contribution in [-0.2, 0) is 10.0 Å². The Morgan fingerprint density at radius 3 is 2.55 bits per heavy atom. The second kappa shape index (κ2) is 5.83. The fraction of sp³-hybridized carbons (Fsp3) is 0.500. The number of nitrogens with two attached hydrogens (primary N) is 1. The molecule has 6 heteroatoms. The molecule has 110 valence electrons. The van der Waals surface area contributed by atoms with Crippen LogP contribution in [0.1, 0.15) is 37.7 Å². The summed E-state index contributed by atoms with van der Waals surface area (Å²) in [5.41, 5.74) is 6.54. The SMILES string of the molecule is CN(c1cccc(C(=N)N)c1)S(=O)(=O)C1CCCCC1. The molecule has 3 N–H and O–H groups in total. The van der Waals surface area contributed by atoms with Gasteiger partial charge in [-0.3, -0.25) is 9.71 Å². The monoisotopic (exact) mass is 295 g/mol. The number of benzene rings is 1. The number of hydrogen-bond acceptors (Lipinski definition) is 3. The quantitative estimate of drug-likeness (QED) is 0.658. The minimum atomic E-state index is -3.34. The molecule has 0 radical (unpaired) electrons. The van der Waals surface area contributed by atoms with Gasteiger partial charge in [0.2, 0.25) is 10.0 Å². The van der Waals surface area contributed by atoms with E-state index in [1.807, 2.05) is 0 Å². The van der Waals surface area contributed by atoms with E-state index in [2.05, 4.69) is 0 Å². The number of anilines is 1. The molecule has 0 bridgehead atoms.